The normalized spacial score (nSPS) is 22.2. The fourth-order valence-electron chi connectivity index (χ4n) is 3.93. The molecule has 3 heterocycles. The van der Waals surface area contributed by atoms with Crippen LogP contribution in [-0.4, -0.2) is 66.1 Å². The second-order valence-electron chi connectivity index (χ2n) is 7.71. The van der Waals surface area contributed by atoms with E-state index >= 15 is 0 Å². The largest absolute Gasteiger partial charge is 0.355 e. The van der Waals surface area contributed by atoms with Gasteiger partial charge >= 0.3 is 0 Å². The van der Waals surface area contributed by atoms with Gasteiger partial charge < -0.3 is 10.2 Å². The number of anilines is 1. The SMILES string of the molecule is O=C(NCCCN1CCN(c2ncccn2)CC1)C1CC(c2cccc(Cl)c2)NN1. The first-order chi connectivity index (χ1) is 14.7. The van der Waals surface area contributed by atoms with Crippen LogP contribution in [0.15, 0.2) is 42.7 Å². The van der Waals surface area contributed by atoms with Crippen molar-refractivity contribution < 1.29 is 4.79 Å². The zero-order chi connectivity index (χ0) is 20.8. The highest BCUT2D eigenvalue weighted by Crippen LogP contribution is 2.24. The number of halogens is 1. The second-order valence-corrected chi connectivity index (χ2v) is 8.14. The molecule has 30 heavy (non-hydrogen) atoms. The van der Waals surface area contributed by atoms with Crippen molar-refractivity contribution in [3.63, 3.8) is 0 Å². The maximum Gasteiger partial charge on any atom is 0.238 e. The molecular formula is C21H28ClN7O. The van der Waals surface area contributed by atoms with Gasteiger partial charge in [0.25, 0.3) is 0 Å². The Morgan fingerprint density at radius 2 is 1.93 bits per heavy atom. The van der Waals surface area contributed by atoms with Crippen LogP contribution in [0.4, 0.5) is 5.95 Å². The van der Waals surface area contributed by atoms with Gasteiger partial charge in [-0.05, 0) is 43.1 Å². The van der Waals surface area contributed by atoms with Gasteiger partial charge in [0, 0.05) is 56.2 Å². The molecule has 1 aromatic heterocycles. The molecule has 2 unspecified atom stereocenters. The lowest BCUT2D eigenvalue weighted by Gasteiger charge is -2.34. The molecule has 1 amide bonds. The Morgan fingerprint density at radius 3 is 2.70 bits per heavy atom. The quantitative estimate of drug-likeness (QED) is 0.573. The van der Waals surface area contributed by atoms with Crippen LogP contribution in [0.2, 0.25) is 5.02 Å². The molecule has 4 rings (SSSR count). The summed E-state index contributed by atoms with van der Waals surface area (Å²) in [6.07, 6.45) is 5.20. The number of piperazine rings is 1. The number of amides is 1. The van der Waals surface area contributed by atoms with Crippen molar-refractivity contribution in [3.05, 3.63) is 53.3 Å². The summed E-state index contributed by atoms with van der Waals surface area (Å²) in [7, 11) is 0. The fourth-order valence-corrected chi connectivity index (χ4v) is 4.13. The third kappa shape index (κ3) is 5.46. The van der Waals surface area contributed by atoms with Gasteiger partial charge in [0.1, 0.15) is 6.04 Å². The first-order valence-electron chi connectivity index (χ1n) is 10.5. The van der Waals surface area contributed by atoms with Gasteiger partial charge in [-0.3, -0.25) is 9.69 Å². The smallest absolute Gasteiger partial charge is 0.238 e. The average molecular weight is 430 g/mol. The first kappa shape index (κ1) is 21.0. The summed E-state index contributed by atoms with van der Waals surface area (Å²) in [5, 5.41) is 3.77. The van der Waals surface area contributed by atoms with Gasteiger partial charge in [-0.25, -0.2) is 20.8 Å². The number of benzene rings is 1. The summed E-state index contributed by atoms with van der Waals surface area (Å²) < 4.78 is 0. The Bertz CT molecular complexity index is 829. The molecular weight excluding hydrogens is 402 g/mol. The first-order valence-corrected chi connectivity index (χ1v) is 10.9. The van der Waals surface area contributed by atoms with E-state index in [2.05, 4.69) is 35.9 Å². The minimum atomic E-state index is -0.233. The van der Waals surface area contributed by atoms with E-state index in [1.807, 2.05) is 30.3 Å². The van der Waals surface area contributed by atoms with Gasteiger partial charge in [-0.2, -0.15) is 0 Å². The van der Waals surface area contributed by atoms with Crippen LogP contribution in [-0.2, 0) is 4.79 Å². The van der Waals surface area contributed by atoms with Crippen LogP contribution in [0.5, 0.6) is 0 Å². The summed E-state index contributed by atoms with van der Waals surface area (Å²) in [5.41, 5.74) is 7.39. The van der Waals surface area contributed by atoms with E-state index in [0.29, 0.717) is 18.0 Å². The predicted octanol–water partition coefficient (Wildman–Crippen LogP) is 1.37. The number of nitrogens with zero attached hydrogens (tertiary/aromatic N) is 4. The molecule has 2 aliphatic heterocycles. The van der Waals surface area contributed by atoms with Crippen molar-refractivity contribution in [1.82, 2.24) is 31.0 Å². The zero-order valence-electron chi connectivity index (χ0n) is 16.9. The Labute approximate surface area is 182 Å². The van der Waals surface area contributed by atoms with E-state index in [0.717, 1.165) is 50.7 Å². The Balaban J connectivity index is 1.12. The van der Waals surface area contributed by atoms with Crippen molar-refractivity contribution in [2.45, 2.75) is 24.9 Å². The van der Waals surface area contributed by atoms with Crippen molar-refractivity contribution >= 4 is 23.5 Å². The molecule has 8 nitrogen and oxygen atoms in total. The van der Waals surface area contributed by atoms with Crippen molar-refractivity contribution in [2.75, 3.05) is 44.2 Å². The summed E-state index contributed by atoms with van der Waals surface area (Å²) in [6.45, 7) is 5.49. The summed E-state index contributed by atoms with van der Waals surface area (Å²) in [4.78, 5) is 25.7. The maximum atomic E-state index is 12.5. The standard InChI is InChI=1S/C21H28ClN7O/c22-17-5-1-4-16(14-17)18-15-19(27-26-18)20(30)23-8-3-9-28-10-12-29(13-11-28)21-24-6-2-7-25-21/h1-2,4-7,14,18-19,26-27H,3,8-13,15H2,(H,23,30). The number of hydrazine groups is 1. The summed E-state index contributed by atoms with van der Waals surface area (Å²) in [6, 6.07) is 9.43. The lowest BCUT2D eigenvalue weighted by atomic mass is 10.0. The number of aromatic nitrogens is 2. The Kier molecular flexibility index (Phi) is 7.11. The van der Waals surface area contributed by atoms with Crippen LogP contribution >= 0.6 is 11.6 Å². The number of rotatable bonds is 7. The lowest BCUT2D eigenvalue weighted by molar-refractivity contribution is -0.122. The molecule has 3 N–H and O–H groups in total. The monoisotopic (exact) mass is 429 g/mol. The molecule has 0 bridgehead atoms. The van der Waals surface area contributed by atoms with E-state index < -0.39 is 0 Å². The van der Waals surface area contributed by atoms with E-state index in [1.54, 1.807) is 12.4 Å². The molecule has 1 aromatic carbocycles. The lowest BCUT2D eigenvalue weighted by Crippen LogP contribution is -2.48. The van der Waals surface area contributed by atoms with Crippen LogP contribution in [0.3, 0.4) is 0 Å². The summed E-state index contributed by atoms with van der Waals surface area (Å²) >= 11 is 6.07. The molecule has 0 spiro atoms. The number of hydrogen-bond donors (Lipinski definition) is 3. The molecule has 2 atom stereocenters. The number of nitrogens with one attached hydrogen (secondary N) is 3. The number of hydrogen-bond acceptors (Lipinski definition) is 7. The highest BCUT2D eigenvalue weighted by Gasteiger charge is 2.30. The maximum absolute atomic E-state index is 12.5. The van der Waals surface area contributed by atoms with E-state index in [9.17, 15) is 4.79 Å². The Hall–Kier alpha value is -2.26. The number of carbonyl (C=O) groups is 1. The molecule has 9 heteroatoms. The third-order valence-corrected chi connectivity index (χ3v) is 5.86. The van der Waals surface area contributed by atoms with Crippen LogP contribution in [0.25, 0.3) is 0 Å². The molecule has 0 radical (unpaired) electrons. The zero-order valence-corrected chi connectivity index (χ0v) is 17.7. The minimum absolute atomic E-state index is 0.0399. The van der Waals surface area contributed by atoms with Gasteiger partial charge in [0.2, 0.25) is 11.9 Å². The highest BCUT2D eigenvalue weighted by molar-refractivity contribution is 6.30. The van der Waals surface area contributed by atoms with Gasteiger partial charge in [0.15, 0.2) is 0 Å². The molecule has 2 aliphatic rings. The van der Waals surface area contributed by atoms with Gasteiger partial charge in [0.05, 0.1) is 0 Å². The van der Waals surface area contributed by atoms with E-state index in [4.69, 9.17) is 11.6 Å². The molecule has 2 saturated heterocycles. The molecule has 2 aromatic rings. The highest BCUT2D eigenvalue weighted by atomic mass is 35.5. The van der Waals surface area contributed by atoms with E-state index in [-0.39, 0.29) is 18.0 Å². The van der Waals surface area contributed by atoms with Gasteiger partial charge in [-0.1, -0.05) is 23.7 Å². The molecule has 2 fully saturated rings. The van der Waals surface area contributed by atoms with Crippen molar-refractivity contribution in [3.8, 4) is 0 Å². The van der Waals surface area contributed by atoms with Crippen LogP contribution < -0.4 is 21.1 Å². The number of carbonyl (C=O) groups excluding carboxylic acids is 1. The predicted molar refractivity (Wildman–Crippen MR) is 117 cm³/mol. The molecule has 0 saturated carbocycles. The van der Waals surface area contributed by atoms with Crippen LogP contribution in [0, 0.1) is 0 Å². The van der Waals surface area contributed by atoms with Crippen molar-refractivity contribution in [2.24, 2.45) is 0 Å². The van der Waals surface area contributed by atoms with E-state index in [1.165, 1.54) is 0 Å². The molecule has 160 valence electrons. The van der Waals surface area contributed by atoms with Crippen molar-refractivity contribution in [1.29, 1.82) is 0 Å². The topological polar surface area (TPSA) is 85.4 Å². The fraction of sp³-hybridized carbons (Fsp3) is 0.476. The van der Waals surface area contributed by atoms with Gasteiger partial charge in [-0.15, -0.1) is 0 Å². The third-order valence-electron chi connectivity index (χ3n) is 5.63. The average Bonchev–Trinajstić information content (AvgIpc) is 3.28. The second kappa shape index (κ2) is 10.2. The molecule has 0 aliphatic carbocycles. The minimum Gasteiger partial charge on any atom is -0.355 e. The Morgan fingerprint density at radius 1 is 1.13 bits per heavy atom. The summed E-state index contributed by atoms with van der Waals surface area (Å²) in [5.74, 6) is 0.844. The van der Waals surface area contributed by atoms with Crippen LogP contribution in [0.1, 0.15) is 24.4 Å².